The standard InChI is InChI=1S/C20H19N5O3S/c1-12-23-24-20(25(12)15-5-7-16(27-3)8-6-15)29-11-19(26)22-14-4-9-18-17(10-14)21-13(2)28-18/h4-10H,11H2,1-3H3,(H,22,26). The molecule has 1 N–H and O–H groups in total. The number of hydrogen-bond donors (Lipinski definition) is 1. The molecule has 0 atom stereocenters. The number of aryl methyl sites for hydroxylation is 2. The summed E-state index contributed by atoms with van der Waals surface area (Å²) in [5.74, 6) is 2.16. The second-order valence-electron chi connectivity index (χ2n) is 6.32. The molecule has 0 fully saturated rings. The first-order chi connectivity index (χ1) is 14.0. The number of oxazole rings is 1. The highest BCUT2D eigenvalue weighted by Crippen LogP contribution is 2.24. The van der Waals surface area contributed by atoms with Crippen molar-refractivity contribution >= 4 is 34.5 Å². The minimum Gasteiger partial charge on any atom is -0.497 e. The normalized spacial score (nSPS) is 11.0. The maximum absolute atomic E-state index is 12.4. The lowest BCUT2D eigenvalue weighted by Gasteiger charge is -2.09. The largest absolute Gasteiger partial charge is 0.497 e. The zero-order valence-corrected chi connectivity index (χ0v) is 17.0. The number of fused-ring (bicyclic) bond motifs is 1. The number of aromatic nitrogens is 4. The molecule has 148 valence electrons. The van der Waals surface area contributed by atoms with Gasteiger partial charge in [-0.25, -0.2) is 4.98 Å². The third-order valence-corrected chi connectivity index (χ3v) is 5.17. The van der Waals surface area contributed by atoms with Crippen LogP contribution in [0.25, 0.3) is 16.8 Å². The minimum atomic E-state index is -0.142. The summed E-state index contributed by atoms with van der Waals surface area (Å²) < 4.78 is 12.6. The minimum absolute atomic E-state index is 0.142. The van der Waals surface area contributed by atoms with E-state index in [1.165, 1.54) is 11.8 Å². The summed E-state index contributed by atoms with van der Waals surface area (Å²) in [6, 6.07) is 13.0. The van der Waals surface area contributed by atoms with E-state index < -0.39 is 0 Å². The number of nitrogens with zero attached hydrogens (tertiary/aromatic N) is 4. The molecular formula is C20H19N5O3S. The number of rotatable bonds is 6. The van der Waals surface area contributed by atoms with Gasteiger partial charge in [0.2, 0.25) is 5.91 Å². The first-order valence-electron chi connectivity index (χ1n) is 8.90. The van der Waals surface area contributed by atoms with Crippen LogP contribution in [0, 0.1) is 13.8 Å². The average molecular weight is 409 g/mol. The van der Waals surface area contributed by atoms with E-state index in [4.69, 9.17) is 9.15 Å². The molecule has 29 heavy (non-hydrogen) atoms. The first-order valence-corrected chi connectivity index (χ1v) is 9.88. The van der Waals surface area contributed by atoms with Crippen LogP contribution in [0.1, 0.15) is 11.7 Å². The van der Waals surface area contributed by atoms with E-state index in [0.29, 0.717) is 27.8 Å². The molecule has 2 heterocycles. The second kappa shape index (κ2) is 7.96. The number of thioether (sulfide) groups is 1. The molecule has 0 bridgehead atoms. The fourth-order valence-corrected chi connectivity index (χ4v) is 3.71. The van der Waals surface area contributed by atoms with E-state index in [0.717, 1.165) is 17.3 Å². The van der Waals surface area contributed by atoms with E-state index >= 15 is 0 Å². The van der Waals surface area contributed by atoms with Crippen molar-refractivity contribution in [3.63, 3.8) is 0 Å². The molecule has 0 aliphatic rings. The van der Waals surface area contributed by atoms with Gasteiger partial charge in [-0.05, 0) is 49.4 Å². The van der Waals surface area contributed by atoms with E-state index in [1.807, 2.05) is 35.8 Å². The zero-order valence-electron chi connectivity index (χ0n) is 16.2. The number of methoxy groups -OCH3 is 1. The van der Waals surface area contributed by atoms with Crippen LogP contribution in [0.2, 0.25) is 0 Å². The fraction of sp³-hybridized carbons (Fsp3) is 0.200. The molecule has 4 rings (SSSR count). The average Bonchev–Trinajstić information content (AvgIpc) is 3.27. The van der Waals surface area contributed by atoms with Gasteiger partial charge in [0.25, 0.3) is 0 Å². The van der Waals surface area contributed by atoms with Crippen molar-refractivity contribution < 1.29 is 13.9 Å². The predicted octanol–water partition coefficient (Wildman–Crippen LogP) is 3.76. The number of carbonyl (C=O) groups excluding carboxylic acids is 1. The van der Waals surface area contributed by atoms with Crippen LogP contribution in [-0.2, 0) is 4.79 Å². The van der Waals surface area contributed by atoms with E-state index in [1.54, 1.807) is 32.2 Å². The zero-order chi connectivity index (χ0) is 20.4. The van der Waals surface area contributed by atoms with Gasteiger partial charge >= 0.3 is 0 Å². The highest BCUT2D eigenvalue weighted by molar-refractivity contribution is 7.99. The topological polar surface area (TPSA) is 95.1 Å². The molecule has 0 unspecified atom stereocenters. The number of benzene rings is 2. The van der Waals surface area contributed by atoms with Crippen molar-refractivity contribution in [2.24, 2.45) is 0 Å². The molecule has 0 saturated carbocycles. The SMILES string of the molecule is COc1ccc(-n2c(C)nnc2SCC(=O)Nc2ccc3oc(C)nc3c2)cc1. The van der Waals surface area contributed by atoms with Crippen LogP contribution in [-0.4, -0.2) is 38.5 Å². The Morgan fingerprint density at radius 2 is 1.97 bits per heavy atom. The van der Waals surface area contributed by atoms with E-state index in [9.17, 15) is 4.79 Å². The van der Waals surface area contributed by atoms with E-state index in [-0.39, 0.29) is 11.7 Å². The molecule has 4 aromatic rings. The summed E-state index contributed by atoms with van der Waals surface area (Å²) in [4.78, 5) is 16.7. The molecule has 0 aliphatic carbocycles. The molecule has 2 aromatic heterocycles. The van der Waals surface area contributed by atoms with Crippen molar-refractivity contribution in [2.75, 3.05) is 18.2 Å². The molecule has 0 spiro atoms. The van der Waals surface area contributed by atoms with Crippen LogP contribution in [0.3, 0.4) is 0 Å². The van der Waals surface area contributed by atoms with Gasteiger partial charge in [-0.1, -0.05) is 11.8 Å². The molecule has 8 nitrogen and oxygen atoms in total. The maximum Gasteiger partial charge on any atom is 0.234 e. The Labute approximate surface area is 171 Å². The molecule has 0 saturated heterocycles. The first kappa shape index (κ1) is 19.0. The lowest BCUT2D eigenvalue weighted by atomic mass is 10.3. The summed E-state index contributed by atoms with van der Waals surface area (Å²) in [5.41, 5.74) is 2.98. The van der Waals surface area contributed by atoms with Crippen LogP contribution in [0.5, 0.6) is 5.75 Å². The number of carbonyl (C=O) groups is 1. The smallest absolute Gasteiger partial charge is 0.234 e. The Hall–Kier alpha value is -3.33. The number of amides is 1. The van der Waals surface area contributed by atoms with Gasteiger partial charge in [0.1, 0.15) is 17.1 Å². The lowest BCUT2D eigenvalue weighted by Crippen LogP contribution is -2.14. The Bertz CT molecular complexity index is 1170. The van der Waals surface area contributed by atoms with Crippen molar-refractivity contribution in [1.29, 1.82) is 0 Å². The summed E-state index contributed by atoms with van der Waals surface area (Å²) in [6.07, 6.45) is 0. The van der Waals surface area contributed by atoms with Crippen LogP contribution >= 0.6 is 11.8 Å². The van der Waals surface area contributed by atoms with Crippen molar-refractivity contribution in [3.05, 3.63) is 54.2 Å². The summed E-state index contributed by atoms with van der Waals surface area (Å²) in [6.45, 7) is 3.66. The predicted molar refractivity (Wildman–Crippen MR) is 111 cm³/mol. The van der Waals surface area contributed by atoms with Crippen molar-refractivity contribution in [3.8, 4) is 11.4 Å². The van der Waals surface area contributed by atoms with Gasteiger partial charge in [-0.2, -0.15) is 0 Å². The van der Waals surface area contributed by atoms with Gasteiger partial charge in [0, 0.05) is 18.3 Å². The van der Waals surface area contributed by atoms with Gasteiger partial charge in [0.05, 0.1) is 12.9 Å². The number of nitrogens with one attached hydrogen (secondary N) is 1. The molecule has 0 radical (unpaired) electrons. The molecule has 2 aromatic carbocycles. The number of ether oxygens (including phenoxy) is 1. The Balaban J connectivity index is 1.45. The summed E-state index contributed by atoms with van der Waals surface area (Å²) in [5, 5.41) is 11.9. The fourth-order valence-electron chi connectivity index (χ4n) is 2.91. The maximum atomic E-state index is 12.4. The third kappa shape index (κ3) is 4.09. The number of hydrogen-bond acceptors (Lipinski definition) is 7. The molecule has 9 heteroatoms. The highest BCUT2D eigenvalue weighted by Gasteiger charge is 2.14. The van der Waals surface area contributed by atoms with Crippen molar-refractivity contribution in [2.45, 2.75) is 19.0 Å². The van der Waals surface area contributed by atoms with Crippen LogP contribution < -0.4 is 10.1 Å². The summed E-state index contributed by atoms with van der Waals surface area (Å²) in [7, 11) is 1.63. The van der Waals surface area contributed by atoms with E-state index in [2.05, 4.69) is 20.5 Å². The molecular weight excluding hydrogens is 390 g/mol. The Kier molecular flexibility index (Phi) is 5.22. The molecule has 0 aliphatic heterocycles. The second-order valence-corrected chi connectivity index (χ2v) is 7.26. The Morgan fingerprint density at radius 3 is 2.72 bits per heavy atom. The van der Waals surface area contributed by atoms with Gasteiger partial charge < -0.3 is 14.5 Å². The van der Waals surface area contributed by atoms with Gasteiger partial charge in [-0.3, -0.25) is 9.36 Å². The third-order valence-electron chi connectivity index (χ3n) is 4.24. The monoisotopic (exact) mass is 409 g/mol. The van der Waals surface area contributed by atoms with Crippen LogP contribution in [0.4, 0.5) is 5.69 Å². The van der Waals surface area contributed by atoms with Gasteiger partial charge in [-0.15, -0.1) is 10.2 Å². The van der Waals surface area contributed by atoms with Gasteiger partial charge in [0.15, 0.2) is 16.6 Å². The molecule has 1 amide bonds. The summed E-state index contributed by atoms with van der Waals surface area (Å²) >= 11 is 1.32. The quantitative estimate of drug-likeness (QED) is 0.484. The highest BCUT2D eigenvalue weighted by atomic mass is 32.2. The number of anilines is 1. The lowest BCUT2D eigenvalue weighted by molar-refractivity contribution is -0.113. The Morgan fingerprint density at radius 1 is 1.17 bits per heavy atom. The van der Waals surface area contributed by atoms with Crippen LogP contribution in [0.15, 0.2) is 52.0 Å². The van der Waals surface area contributed by atoms with Crippen molar-refractivity contribution in [1.82, 2.24) is 19.7 Å².